The molecular weight excluding hydrogens is 322 g/mol. The van der Waals surface area contributed by atoms with Crippen molar-refractivity contribution in [3.05, 3.63) is 18.0 Å². The lowest BCUT2D eigenvalue weighted by molar-refractivity contribution is -0.140. The van der Waals surface area contributed by atoms with Crippen LogP contribution in [0.25, 0.3) is 0 Å². The Kier molecular flexibility index (Phi) is 6.95. The number of aryl methyl sites for hydroxylation is 1. The fourth-order valence-electron chi connectivity index (χ4n) is 3.12. The van der Waals surface area contributed by atoms with Crippen molar-refractivity contribution in [1.82, 2.24) is 24.9 Å². The van der Waals surface area contributed by atoms with E-state index in [1.807, 2.05) is 13.2 Å². The maximum Gasteiger partial charge on any atom is 0.237 e. The first-order valence-electron chi connectivity index (χ1n) is 8.70. The Morgan fingerprint density at radius 1 is 1.52 bits per heavy atom. The van der Waals surface area contributed by atoms with E-state index in [1.165, 1.54) is 0 Å². The van der Waals surface area contributed by atoms with Crippen LogP contribution in [0.15, 0.2) is 12.4 Å². The second-order valence-electron chi connectivity index (χ2n) is 6.67. The SMILES string of the molecule is COCCN(Cc1cnn(C)c1)C(=O)C[C@H]1C(=O)NCCN1C(C)C. The van der Waals surface area contributed by atoms with Crippen LogP contribution in [0.2, 0.25) is 0 Å². The molecule has 1 saturated heterocycles. The average molecular weight is 351 g/mol. The summed E-state index contributed by atoms with van der Waals surface area (Å²) in [5, 5.41) is 7.02. The molecule has 1 aromatic heterocycles. The number of carbonyl (C=O) groups is 2. The highest BCUT2D eigenvalue weighted by Crippen LogP contribution is 2.15. The number of methoxy groups -OCH3 is 1. The van der Waals surface area contributed by atoms with Gasteiger partial charge < -0.3 is 15.0 Å². The van der Waals surface area contributed by atoms with Crippen molar-refractivity contribution in [3.63, 3.8) is 0 Å². The third kappa shape index (κ3) is 5.27. The largest absolute Gasteiger partial charge is 0.383 e. The third-order valence-electron chi connectivity index (χ3n) is 4.45. The fourth-order valence-corrected chi connectivity index (χ4v) is 3.12. The molecule has 1 aliphatic rings. The molecule has 2 heterocycles. The predicted molar refractivity (Wildman–Crippen MR) is 93.8 cm³/mol. The number of carbonyl (C=O) groups excluding carboxylic acids is 2. The van der Waals surface area contributed by atoms with Gasteiger partial charge in [0.25, 0.3) is 0 Å². The van der Waals surface area contributed by atoms with Gasteiger partial charge in [-0.05, 0) is 13.8 Å². The number of nitrogens with one attached hydrogen (secondary N) is 1. The molecule has 8 nitrogen and oxygen atoms in total. The van der Waals surface area contributed by atoms with Crippen LogP contribution in [0.5, 0.6) is 0 Å². The van der Waals surface area contributed by atoms with Crippen LogP contribution in [0.4, 0.5) is 0 Å². The van der Waals surface area contributed by atoms with Gasteiger partial charge in [-0.2, -0.15) is 5.10 Å². The van der Waals surface area contributed by atoms with Crippen LogP contribution in [-0.2, 0) is 27.9 Å². The Morgan fingerprint density at radius 3 is 2.88 bits per heavy atom. The maximum absolute atomic E-state index is 12.9. The van der Waals surface area contributed by atoms with E-state index >= 15 is 0 Å². The molecule has 0 bridgehead atoms. The van der Waals surface area contributed by atoms with Crippen molar-refractivity contribution in [2.75, 3.05) is 33.4 Å². The van der Waals surface area contributed by atoms with Crippen molar-refractivity contribution in [2.24, 2.45) is 7.05 Å². The lowest BCUT2D eigenvalue weighted by Gasteiger charge is -2.38. The predicted octanol–water partition coefficient (Wildman–Crippen LogP) is -0.00600. The summed E-state index contributed by atoms with van der Waals surface area (Å²) in [5.41, 5.74) is 0.959. The number of ether oxygens (including phenoxy) is 1. The molecule has 140 valence electrons. The molecule has 0 aromatic carbocycles. The Bertz CT molecular complexity index is 587. The Balaban J connectivity index is 2.07. The van der Waals surface area contributed by atoms with E-state index in [2.05, 4.69) is 29.2 Å². The minimum atomic E-state index is -0.416. The van der Waals surface area contributed by atoms with Gasteiger partial charge in [0.2, 0.25) is 11.8 Å². The molecule has 0 saturated carbocycles. The molecule has 1 N–H and O–H groups in total. The zero-order valence-electron chi connectivity index (χ0n) is 15.6. The topological polar surface area (TPSA) is 79.7 Å². The lowest BCUT2D eigenvalue weighted by Crippen LogP contribution is -2.58. The number of rotatable bonds is 8. The van der Waals surface area contributed by atoms with Gasteiger partial charge in [0.05, 0.1) is 25.3 Å². The summed E-state index contributed by atoms with van der Waals surface area (Å²) in [7, 11) is 3.46. The number of aromatic nitrogens is 2. The lowest BCUT2D eigenvalue weighted by atomic mass is 10.1. The van der Waals surface area contributed by atoms with Crippen molar-refractivity contribution in [1.29, 1.82) is 0 Å². The molecule has 8 heteroatoms. The highest BCUT2D eigenvalue weighted by atomic mass is 16.5. The molecule has 0 radical (unpaired) electrons. The second-order valence-corrected chi connectivity index (χ2v) is 6.67. The second kappa shape index (κ2) is 8.96. The standard InChI is InChI=1S/C17H29N5O3/c1-13(2)22-6-5-18-17(24)15(22)9-16(23)21(7-8-25-4)12-14-10-19-20(3)11-14/h10-11,13,15H,5-9,12H2,1-4H3,(H,18,24)/t15-/m0/s1. The van der Waals surface area contributed by atoms with Gasteiger partial charge in [-0.15, -0.1) is 0 Å². The Morgan fingerprint density at radius 2 is 2.28 bits per heavy atom. The third-order valence-corrected chi connectivity index (χ3v) is 4.45. The Hall–Kier alpha value is -1.93. The number of hydrogen-bond donors (Lipinski definition) is 1. The molecule has 0 spiro atoms. The van der Waals surface area contributed by atoms with E-state index < -0.39 is 6.04 Å². The monoisotopic (exact) mass is 351 g/mol. The van der Waals surface area contributed by atoms with Gasteiger partial charge in [0, 0.05) is 58.1 Å². The molecule has 0 aliphatic carbocycles. The van der Waals surface area contributed by atoms with Gasteiger partial charge in [0.1, 0.15) is 0 Å². The summed E-state index contributed by atoms with van der Waals surface area (Å²) in [6.45, 7) is 6.90. The van der Waals surface area contributed by atoms with Crippen LogP contribution < -0.4 is 5.32 Å². The van der Waals surface area contributed by atoms with Gasteiger partial charge in [-0.1, -0.05) is 0 Å². The molecule has 1 fully saturated rings. The van der Waals surface area contributed by atoms with Crippen molar-refractivity contribution < 1.29 is 14.3 Å². The first-order valence-corrected chi connectivity index (χ1v) is 8.70. The Labute approximate surface area is 149 Å². The molecule has 1 aliphatic heterocycles. The van der Waals surface area contributed by atoms with E-state index in [1.54, 1.807) is 22.9 Å². The summed E-state index contributed by atoms with van der Waals surface area (Å²) in [4.78, 5) is 29.0. The van der Waals surface area contributed by atoms with Gasteiger partial charge in [0.15, 0.2) is 0 Å². The zero-order chi connectivity index (χ0) is 18.4. The molecule has 2 rings (SSSR count). The van der Waals surface area contributed by atoms with Crippen LogP contribution in [0.1, 0.15) is 25.8 Å². The van der Waals surface area contributed by atoms with Crippen molar-refractivity contribution >= 4 is 11.8 Å². The number of piperazine rings is 1. The summed E-state index contributed by atoms with van der Waals surface area (Å²) >= 11 is 0. The highest BCUT2D eigenvalue weighted by molar-refractivity contribution is 5.88. The average Bonchev–Trinajstić information content (AvgIpc) is 2.98. The van der Waals surface area contributed by atoms with E-state index in [4.69, 9.17) is 4.74 Å². The maximum atomic E-state index is 12.9. The number of hydrogen-bond acceptors (Lipinski definition) is 5. The molecular formula is C17H29N5O3. The smallest absolute Gasteiger partial charge is 0.237 e. The molecule has 0 unspecified atom stereocenters. The summed E-state index contributed by atoms with van der Waals surface area (Å²) in [5.74, 6) is -0.116. The summed E-state index contributed by atoms with van der Waals surface area (Å²) < 4.78 is 6.84. The molecule has 1 atom stereocenters. The van der Waals surface area contributed by atoms with Crippen LogP contribution >= 0.6 is 0 Å². The first-order chi connectivity index (χ1) is 11.9. The van der Waals surface area contributed by atoms with E-state index in [0.29, 0.717) is 26.2 Å². The normalized spacial score (nSPS) is 18.4. The fraction of sp³-hybridized carbons (Fsp3) is 0.706. The van der Waals surface area contributed by atoms with Crippen LogP contribution in [0.3, 0.4) is 0 Å². The van der Waals surface area contributed by atoms with E-state index in [0.717, 1.165) is 12.1 Å². The van der Waals surface area contributed by atoms with E-state index in [9.17, 15) is 9.59 Å². The zero-order valence-corrected chi connectivity index (χ0v) is 15.6. The molecule has 1 aromatic rings. The van der Waals surface area contributed by atoms with Gasteiger partial charge >= 0.3 is 0 Å². The van der Waals surface area contributed by atoms with Crippen LogP contribution in [-0.4, -0.2) is 76.8 Å². The minimum absolute atomic E-state index is 0.0476. The van der Waals surface area contributed by atoms with Gasteiger partial charge in [-0.3, -0.25) is 19.2 Å². The highest BCUT2D eigenvalue weighted by Gasteiger charge is 2.34. The molecule has 2 amide bonds. The van der Waals surface area contributed by atoms with Crippen molar-refractivity contribution in [2.45, 2.75) is 38.9 Å². The summed E-state index contributed by atoms with van der Waals surface area (Å²) in [6, 6.07) is -0.199. The quantitative estimate of drug-likeness (QED) is 0.713. The minimum Gasteiger partial charge on any atom is -0.383 e. The first kappa shape index (κ1) is 19.4. The number of amides is 2. The van der Waals surface area contributed by atoms with Crippen LogP contribution in [0, 0.1) is 0 Å². The van der Waals surface area contributed by atoms with E-state index in [-0.39, 0.29) is 24.3 Å². The summed E-state index contributed by atoms with van der Waals surface area (Å²) in [6.07, 6.45) is 3.82. The van der Waals surface area contributed by atoms with Crippen molar-refractivity contribution in [3.8, 4) is 0 Å². The van der Waals surface area contributed by atoms with Gasteiger partial charge in [-0.25, -0.2) is 0 Å². The number of nitrogens with zero attached hydrogens (tertiary/aromatic N) is 4. The molecule has 25 heavy (non-hydrogen) atoms.